The predicted molar refractivity (Wildman–Crippen MR) is 101 cm³/mol. The molecular weight excluding hydrogens is 370 g/mol. The number of anilines is 1. The van der Waals surface area contributed by atoms with Crippen LogP contribution in [0.25, 0.3) is 0 Å². The summed E-state index contributed by atoms with van der Waals surface area (Å²) in [4.78, 5) is 23.9. The van der Waals surface area contributed by atoms with E-state index in [1.54, 1.807) is 30.3 Å². The van der Waals surface area contributed by atoms with Crippen molar-refractivity contribution in [2.45, 2.75) is 18.3 Å². The molecule has 1 aliphatic heterocycles. The summed E-state index contributed by atoms with van der Waals surface area (Å²) in [7, 11) is 0. The Morgan fingerprint density at radius 1 is 1.15 bits per heavy atom. The van der Waals surface area contributed by atoms with Crippen LogP contribution in [0.3, 0.4) is 0 Å². The molecule has 2 aromatic rings. The number of carbonyl (C=O) groups is 2. The minimum atomic E-state index is -1.07. The Bertz CT molecular complexity index is 833. The number of hydrogen-bond donors (Lipinski definition) is 2. The Morgan fingerprint density at radius 3 is 2.59 bits per heavy atom. The van der Waals surface area contributed by atoms with Gasteiger partial charge in [0.25, 0.3) is 0 Å². The highest BCUT2D eigenvalue weighted by Crippen LogP contribution is 2.39. The van der Waals surface area contributed by atoms with Gasteiger partial charge in [0.05, 0.1) is 5.41 Å². The lowest BCUT2D eigenvalue weighted by Gasteiger charge is -2.36. The van der Waals surface area contributed by atoms with Crippen LogP contribution in [0.4, 0.5) is 5.69 Å². The zero-order chi connectivity index (χ0) is 19.3. The van der Waals surface area contributed by atoms with Crippen molar-refractivity contribution in [3.63, 3.8) is 0 Å². The lowest BCUT2D eigenvalue weighted by atomic mass is 9.73. The molecule has 1 saturated heterocycles. The molecule has 3 rings (SSSR count). The van der Waals surface area contributed by atoms with Crippen molar-refractivity contribution in [2.24, 2.45) is 0 Å². The fraction of sp³-hybridized carbons (Fsp3) is 0.300. The van der Waals surface area contributed by atoms with Gasteiger partial charge in [0.1, 0.15) is 5.75 Å². The van der Waals surface area contributed by atoms with Crippen molar-refractivity contribution in [3.05, 3.63) is 59.1 Å². The lowest BCUT2D eigenvalue weighted by Crippen LogP contribution is -2.45. The molecule has 1 fully saturated rings. The van der Waals surface area contributed by atoms with Crippen LogP contribution in [-0.2, 0) is 19.7 Å². The molecule has 0 bridgehead atoms. The fourth-order valence-corrected chi connectivity index (χ4v) is 3.56. The molecule has 6 nitrogen and oxygen atoms in total. The van der Waals surface area contributed by atoms with Gasteiger partial charge < -0.3 is 19.9 Å². The second-order valence-electron chi connectivity index (χ2n) is 6.34. The third-order valence-corrected chi connectivity index (χ3v) is 4.95. The highest BCUT2D eigenvalue weighted by atomic mass is 35.5. The van der Waals surface area contributed by atoms with Gasteiger partial charge >= 0.3 is 5.97 Å². The van der Waals surface area contributed by atoms with E-state index in [0.717, 1.165) is 5.56 Å². The number of aliphatic carboxylic acids is 1. The van der Waals surface area contributed by atoms with Crippen molar-refractivity contribution in [1.29, 1.82) is 0 Å². The van der Waals surface area contributed by atoms with Gasteiger partial charge in [-0.25, -0.2) is 4.79 Å². The molecule has 0 saturated carbocycles. The first kappa shape index (κ1) is 19.2. The minimum Gasteiger partial charge on any atom is -0.482 e. The van der Waals surface area contributed by atoms with Gasteiger partial charge in [-0.1, -0.05) is 35.9 Å². The summed E-state index contributed by atoms with van der Waals surface area (Å²) >= 11 is 6.39. The maximum atomic E-state index is 13.3. The standard InChI is InChI=1S/C20H20ClNO5/c21-17-7-2-1-6-16(17)20(8-10-26-11-9-20)19(25)22-14-4-3-5-15(12-14)27-13-18(23)24/h1-7,12H,8-11,13H2,(H,22,25)(H,23,24). The number of nitrogens with one attached hydrogen (secondary N) is 1. The minimum absolute atomic E-state index is 0.172. The zero-order valence-corrected chi connectivity index (χ0v) is 15.4. The van der Waals surface area contributed by atoms with E-state index in [1.165, 1.54) is 0 Å². The van der Waals surface area contributed by atoms with E-state index < -0.39 is 18.0 Å². The first-order valence-corrected chi connectivity index (χ1v) is 8.98. The molecule has 0 unspecified atom stereocenters. The Kier molecular flexibility index (Phi) is 5.98. The molecule has 142 valence electrons. The van der Waals surface area contributed by atoms with E-state index in [2.05, 4.69) is 5.32 Å². The average Bonchev–Trinajstić information content (AvgIpc) is 2.67. The Balaban J connectivity index is 1.85. The van der Waals surface area contributed by atoms with Crippen LogP contribution in [-0.4, -0.2) is 36.8 Å². The van der Waals surface area contributed by atoms with Crippen LogP contribution in [0, 0.1) is 0 Å². The summed E-state index contributed by atoms with van der Waals surface area (Å²) in [5.74, 6) is -0.868. The summed E-state index contributed by atoms with van der Waals surface area (Å²) in [5, 5.41) is 12.2. The molecule has 0 aromatic heterocycles. The number of carboxylic acids is 1. The second-order valence-corrected chi connectivity index (χ2v) is 6.75. The number of halogens is 1. The summed E-state index contributed by atoms with van der Waals surface area (Å²) in [5.41, 5.74) is 0.528. The molecule has 2 aromatic carbocycles. The number of hydrogen-bond acceptors (Lipinski definition) is 4. The van der Waals surface area contributed by atoms with Crippen LogP contribution >= 0.6 is 11.6 Å². The van der Waals surface area contributed by atoms with Crippen molar-refractivity contribution in [2.75, 3.05) is 25.1 Å². The third-order valence-electron chi connectivity index (χ3n) is 4.62. The van der Waals surface area contributed by atoms with E-state index in [0.29, 0.717) is 42.5 Å². The topological polar surface area (TPSA) is 84.9 Å². The normalized spacial score (nSPS) is 15.7. The van der Waals surface area contributed by atoms with Crippen molar-refractivity contribution < 1.29 is 24.2 Å². The molecule has 27 heavy (non-hydrogen) atoms. The van der Waals surface area contributed by atoms with Crippen LogP contribution in [0.1, 0.15) is 18.4 Å². The van der Waals surface area contributed by atoms with Crippen molar-refractivity contribution in [3.8, 4) is 5.75 Å². The number of carboxylic acid groups (broad SMARTS) is 1. The Morgan fingerprint density at radius 2 is 1.89 bits per heavy atom. The van der Waals surface area contributed by atoms with Gasteiger partial charge in [0.2, 0.25) is 5.91 Å². The number of carbonyl (C=O) groups excluding carboxylic acids is 1. The van der Waals surface area contributed by atoms with Gasteiger partial charge in [0.15, 0.2) is 6.61 Å². The maximum Gasteiger partial charge on any atom is 0.341 e. The predicted octanol–water partition coefficient (Wildman–Crippen LogP) is 3.49. The third kappa shape index (κ3) is 4.40. The van der Waals surface area contributed by atoms with Crippen molar-refractivity contribution in [1.82, 2.24) is 0 Å². The van der Waals surface area contributed by atoms with E-state index in [1.807, 2.05) is 18.2 Å². The monoisotopic (exact) mass is 389 g/mol. The van der Waals surface area contributed by atoms with E-state index in [4.69, 9.17) is 26.2 Å². The molecule has 0 atom stereocenters. The zero-order valence-electron chi connectivity index (χ0n) is 14.6. The summed E-state index contributed by atoms with van der Waals surface area (Å²) < 4.78 is 10.6. The van der Waals surface area contributed by atoms with Gasteiger partial charge in [-0.15, -0.1) is 0 Å². The first-order chi connectivity index (χ1) is 13.0. The van der Waals surface area contributed by atoms with E-state index >= 15 is 0 Å². The molecule has 0 spiro atoms. The van der Waals surface area contributed by atoms with Crippen LogP contribution in [0.2, 0.25) is 5.02 Å². The lowest BCUT2D eigenvalue weighted by molar-refractivity contribution is -0.139. The molecule has 0 radical (unpaired) electrons. The molecule has 7 heteroatoms. The van der Waals surface area contributed by atoms with Gasteiger partial charge in [-0.2, -0.15) is 0 Å². The molecule has 1 amide bonds. The molecule has 2 N–H and O–H groups in total. The Labute approximate surface area is 162 Å². The summed E-state index contributed by atoms with van der Waals surface area (Å²) in [6.45, 7) is 0.499. The van der Waals surface area contributed by atoms with Gasteiger partial charge in [0, 0.05) is 30.0 Å². The molecule has 0 aliphatic carbocycles. The number of rotatable bonds is 6. The van der Waals surface area contributed by atoms with Crippen molar-refractivity contribution >= 4 is 29.2 Å². The first-order valence-electron chi connectivity index (χ1n) is 8.60. The summed E-state index contributed by atoms with van der Waals surface area (Å²) in [6.07, 6.45) is 1.05. The fourth-order valence-electron chi connectivity index (χ4n) is 3.25. The number of benzene rings is 2. The van der Waals surface area contributed by atoms with Gasteiger partial charge in [-0.3, -0.25) is 4.79 Å². The maximum absolute atomic E-state index is 13.3. The van der Waals surface area contributed by atoms with Crippen LogP contribution in [0.5, 0.6) is 5.75 Å². The average molecular weight is 390 g/mol. The largest absolute Gasteiger partial charge is 0.482 e. The molecular formula is C20H20ClNO5. The number of amides is 1. The second kappa shape index (κ2) is 8.41. The highest BCUT2D eigenvalue weighted by Gasteiger charge is 2.43. The SMILES string of the molecule is O=C(O)COc1cccc(NC(=O)C2(c3ccccc3Cl)CCOCC2)c1. The highest BCUT2D eigenvalue weighted by molar-refractivity contribution is 6.31. The van der Waals surface area contributed by atoms with Crippen LogP contribution < -0.4 is 10.1 Å². The van der Waals surface area contributed by atoms with E-state index in [-0.39, 0.29) is 5.91 Å². The number of ether oxygens (including phenoxy) is 2. The molecule has 1 heterocycles. The van der Waals surface area contributed by atoms with Crippen LogP contribution in [0.15, 0.2) is 48.5 Å². The smallest absolute Gasteiger partial charge is 0.341 e. The van der Waals surface area contributed by atoms with Gasteiger partial charge in [-0.05, 0) is 36.6 Å². The quantitative estimate of drug-likeness (QED) is 0.790. The van der Waals surface area contributed by atoms with E-state index in [9.17, 15) is 9.59 Å². The molecule has 1 aliphatic rings. The summed E-state index contributed by atoms with van der Waals surface area (Å²) in [6, 6.07) is 14.0. The Hall–Kier alpha value is -2.57.